The standard InChI is InChI=1S/C16H11NO4S/c18-12(10-5-6-14-15(7-10)20-9-19-14)8-22-16-17-11-3-1-2-4-13(11)21-16/h1-7H,8-9H2. The Kier molecular flexibility index (Phi) is 3.23. The van der Waals surface area contributed by atoms with Crippen molar-refractivity contribution in [1.29, 1.82) is 0 Å². The number of ketones is 1. The second-order valence-corrected chi connectivity index (χ2v) is 5.65. The van der Waals surface area contributed by atoms with E-state index in [0.717, 1.165) is 11.1 Å². The van der Waals surface area contributed by atoms with E-state index in [1.165, 1.54) is 11.8 Å². The highest BCUT2D eigenvalue weighted by Crippen LogP contribution is 2.33. The number of nitrogens with zero attached hydrogens (tertiary/aromatic N) is 1. The topological polar surface area (TPSA) is 61.6 Å². The Bertz CT molecular complexity index is 825. The summed E-state index contributed by atoms with van der Waals surface area (Å²) in [7, 11) is 0. The van der Waals surface area contributed by atoms with Crippen molar-refractivity contribution in [1.82, 2.24) is 4.98 Å². The maximum absolute atomic E-state index is 12.2. The van der Waals surface area contributed by atoms with Crippen LogP contribution >= 0.6 is 11.8 Å². The van der Waals surface area contributed by atoms with Crippen LogP contribution in [0, 0.1) is 0 Å². The first-order valence-corrected chi connectivity index (χ1v) is 7.69. The lowest BCUT2D eigenvalue weighted by Crippen LogP contribution is -2.02. The van der Waals surface area contributed by atoms with Gasteiger partial charge in [0.05, 0.1) is 5.75 Å². The smallest absolute Gasteiger partial charge is 0.257 e. The number of rotatable bonds is 4. The normalized spacial score (nSPS) is 12.7. The van der Waals surface area contributed by atoms with Crippen LogP contribution < -0.4 is 9.47 Å². The maximum atomic E-state index is 12.2. The number of oxazole rings is 1. The number of para-hydroxylation sites is 2. The number of carbonyl (C=O) groups is 1. The largest absolute Gasteiger partial charge is 0.454 e. The second kappa shape index (κ2) is 5.38. The molecule has 0 unspecified atom stereocenters. The van der Waals surface area contributed by atoms with Gasteiger partial charge in [0.15, 0.2) is 22.9 Å². The van der Waals surface area contributed by atoms with Crippen LogP contribution in [0.5, 0.6) is 11.5 Å². The molecule has 4 rings (SSSR count). The molecule has 1 aromatic heterocycles. The lowest BCUT2D eigenvalue weighted by atomic mass is 10.1. The summed E-state index contributed by atoms with van der Waals surface area (Å²) >= 11 is 1.28. The molecule has 0 radical (unpaired) electrons. The summed E-state index contributed by atoms with van der Waals surface area (Å²) in [6.45, 7) is 0.199. The average molecular weight is 313 g/mol. The van der Waals surface area contributed by atoms with Gasteiger partial charge in [0, 0.05) is 5.56 Å². The predicted molar refractivity (Wildman–Crippen MR) is 81.6 cm³/mol. The number of hydrogen-bond acceptors (Lipinski definition) is 6. The van der Waals surface area contributed by atoms with Crippen molar-refractivity contribution in [2.24, 2.45) is 0 Å². The summed E-state index contributed by atoms with van der Waals surface area (Å²) in [5, 5.41) is 0.496. The van der Waals surface area contributed by atoms with E-state index in [0.29, 0.717) is 22.3 Å². The van der Waals surface area contributed by atoms with E-state index in [2.05, 4.69) is 4.98 Å². The van der Waals surface area contributed by atoms with Gasteiger partial charge in [0.2, 0.25) is 6.79 Å². The van der Waals surface area contributed by atoms with Crippen LogP contribution in [0.1, 0.15) is 10.4 Å². The zero-order valence-electron chi connectivity index (χ0n) is 11.4. The lowest BCUT2D eigenvalue weighted by Gasteiger charge is -2.01. The van der Waals surface area contributed by atoms with Crippen molar-refractivity contribution in [3.8, 4) is 11.5 Å². The number of ether oxygens (including phenoxy) is 2. The Morgan fingerprint density at radius 1 is 1.14 bits per heavy atom. The monoisotopic (exact) mass is 313 g/mol. The van der Waals surface area contributed by atoms with E-state index in [1.807, 2.05) is 24.3 Å². The molecular formula is C16H11NO4S. The van der Waals surface area contributed by atoms with Crippen molar-refractivity contribution in [3.05, 3.63) is 48.0 Å². The molecule has 0 N–H and O–H groups in total. The number of hydrogen-bond donors (Lipinski definition) is 0. The minimum atomic E-state index is -0.00874. The van der Waals surface area contributed by atoms with Gasteiger partial charge in [-0.25, -0.2) is 4.98 Å². The first-order chi connectivity index (χ1) is 10.8. The summed E-state index contributed by atoms with van der Waals surface area (Å²) < 4.78 is 16.1. The number of carbonyl (C=O) groups excluding carboxylic acids is 1. The summed E-state index contributed by atoms with van der Waals surface area (Å²) in [5.41, 5.74) is 2.11. The van der Waals surface area contributed by atoms with Crippen LogP contribution in [0.2, 0.25) is 0 Å². The molecule has 1 aliphatic heterocycles. The number of aromatic nitrogens is 1. The third kappa shape index (κ3) is 2.42. The molecular weight excluding hydrogens is 302 g/mol. The fourth-order valence-electron chi connectivity index (χ4n) is 2.19. The van der Waals surface area contributed by atoms with Gasteiger partial charge in [-0.15, -0.1) is 0 Å². The Hall–Kier alpha value is -2.47. The number of benzene rings is 2. The van der Waals surface area contributed by atoms with E-state index in [4.69, 9.17) is 13.9 Å². The molecule has 5 nitrogen and oxygen atoms in total. The van der Waals surface area contributed by atoms with E-state index in [9.17, 15) is 4.79 Å². The minimum absolute atomic E-state index is 0.00874. The van der Waals surface area contributed by atoms with Gasteiger partial charge in [-0.3, -0.25) is 4.79 Å². The molecule has 3 aromatic rings. The van der Waals surface area contributed by atoms with E-state index in [1.54, 1.807) is 18.2 Å². The zero-order valence-corrected chi connectivity index (χ0v) is 12.3. The molecule has 6 heteroatoms. The van der Waals surface area contributed by atoms with Crippen LogP contribution in [0.25, 0.3) is 11.1 Å². The van der Waals surface area contributed by atoms with Crippen LogP contribution in [-0.4, -0.2) is 23.3 Å². The molecule has 0 amide bonds. The van der Waals surface area contributed by atoms with Gasteiger partial charge in [-0.1, -0.05) is 23.9 Å². The van der Waals surface area contributed by atoms with Gasteiger partial charge >= 0.3 is 0 Å². The van der Waals surface area contributed by atoms with E-state index < -0.39 is 0 Å². The molecule has 110 valence electrons. The molecule has 2 aromatic carbocycles. The molecule has 2 heterocycles. The van der Waals surface area contributed by atoms with Gasteiger partial charge < -0.3 is 13.9 Å². The molecule has 0 spiro atoms. The Morgan fingerprint density at radius 3 is 2.91 bits per heavy atom. The van der Waals surface area contributed by atoms with Crippen molar-refractivity contribution in [2.75, 3.05) is 12.5 Å². The van der Waals surface area contributed by atoms with E-state index in [-0.39, 0.29) is 18.3 Å². The third-order valence-electron chi connectivity index (χ3n) is 3.30. The number of fused-ring (bicyclic) bond motifs is 2. The molecule has 0 fully saturated rings. The summed E-state index contributed by atoms with van der Waals surface area (Å²) in [6.07, 6.45) is 0. The summed E-state index contributed by atoms with van der Waals surface area (Å²) in [6, 6.07) is 12.7. The lowest BCUT2D eigenvalue weighted by molar-refractivity contribution is 0.102. The molecule has 0 bridgehead atoms. The van der Waals surface area contributed by atoms with E-state index >= 15 is 0 Å². The Labute approximate surface area is 130 Å². The molecule has 0 saturated carbocycles. The summed E-state index contributed by atoms with van der Waals surface area (Å²) in [5.74, 6) is 1.53. The third-order valence-corrected chi connectivity index (χ3v) is 4.12. The van der Waals surface area contributed by atoms with Crippen LogP contribution in [0.4, 0.5) is 0 Å². The van der Waals surface area contributed by atoms with Crippen LogP contribution in [-0.2, 0) is 0 Å². The average Bonchev–Trinajstić information content (AvgIpc) is 3.17. The van der Waals surface area contributed by atoms with Crippen molar-refractivity contribution < 1.29 is 18.7 Å². The molecule has 22 heavy (non-hydrogen) atoms. The van der Waals surface area contributed by atoms with Crippen molar-refractivity contribution >= 4 is 28.6 Å². The first-order valence-electron chi connectivity index (χ1n) is 6.71. The van der Waals surface area contributed by atoms with Crippen molar-refractivity contribution in [3.63, 3.8) is 0 Å². The van der Waals surface area contributed by atoms with Gasteiger partial charge in [-0.2, -0.15) is 0 Å². The fraction of sp³-hybridized carbons (Fsp3) is 0.125. The second-order valence-electron chi connectivity index (χ2n) is 4.73. The quantitative estimate of drug-likeness (QED) is 0.542. The van der Waals surface area contributed by atoms with Gasteiger partial charge in [0.1, 0.15) is 5.52 Å². The SMILES string of the molecule is O=C(CSc1nc2ccccc2o1)c1ccc2c(c1)OCO2. The molecule has 0 saturated heterocycles. The molecule has 1 aliphatic rings. The minimum Gasteiger partial charge on any atom is -0.454 e. The highest BCUT2D eigenvalue weighted by atomic mass is 32.2. The number of Topliss-reactive ketones (excluding diaryl/α,β-unsaturated/α-hetero) is 1. The number of thioether (sulfide) groups is 1. The highest BCUT2D eigenvalue weighted by molar-refractivity contribution is 7.99. The van der Waals surface area contributed by atoms with Gasteiger partial charge in [-0.05, 0) is 30.3 Å². The molecule has 0 aliphatic carbocycles. The van der Waals surface area contributed by atoms with Gasteiger partial charge in [0.25, 0.3) is 5.22 Å². The Morgan fingerprint density at radius 2 is 2.00 bits per heavy atom. The van der Waals surface area contributed by atoms with Crippen LogP contribution in [0.3, 0.4) is 0 Å². The Balaban J connectivity index is 1.47. The predicted octanol–water partition coefficient (Wildman–Crippen LogP) is 3.53. The van der Waals surface area contributed by atoms with Crippen LogP contribution in [0.15, 0.2) is 52.1 Å². The highest BCUT2D eigenvalue weighted by Gasteiger charge is 2.17. The first kappa shape index (κ1) is 13.2. The zero-order chi connectivity index (χ0) is 14.9. The van der Waals surface area contributed by atoms with Crippen molar-refractivity contribution in [2.45, 2.75) is 5.22 Å². The maximum Gasteiger partial charge on any atom is 0.257 e. The summed E-state index contributed by atoms with van der Waals surface area (Å²) in [4.78, 5) is 16.6. The molecule has 0 atom stereocenters. The fourth-order valence-corrected chi connectivity index (χ4v) is 2.93.